The molecule has 2 aromatic rings. The van der Waals surface area contributed by atoms with Crippen LogP contribution in [-0.4, -0.2) is 5.11 Å². The summed E-state index contributed by atoms with van der Waals surface area (Å²) in [5, 5.41) is 22.1. The Bertz CT molecular complexity index is 602. The van der Waals surface area contributed by atoms with Crippen molar-refractivity contribution in [3.8, 4) is 11.8 Å². The van der Waals surface area contributed by atoms with Crippen molar-refractivity contribution in [2.75, 3.05) is 5.32 Å². The fourth-order valence-electron chi connectivity index (χ4n) is 2.06. The molecule has 0 saturated carbocycles. The van der Waals surface area contributed by atoms with Crippen LogP contribution >= 0.6 is 0 Å². The lowest BCUT2D eigenvalue weighted by Crippen LogP contribution is -2.09. The predicted octanol–water partition coefficient (Wildman–Crippen LogP) is 3.83. The SMILES string of the molecule is CCC(Nc1cccc(C#N)c1)c1ccccc1O. The van der Waals surface area contributed by atoms with Gasteiger partial charge in [-0.2, -0.15) is 5.26 Å². The van der Waals surface area contributed by atoms with Crippen molar-refractivity contribution in [2.45, 2.75) is 19.4 Å². The Hall–Kier alpha value is -2.47. The molecule has 1 atom stereocenters. The topological polar surface area (TPSA) is 56.0 Å². The molecule has 0 aromatic heterocycles. The van der Waals surface area contributed by atoms with E-state index in [4.69, 9.17) is 5.26 Å². The number of para-hydroxylation sites is 1. The summed E-state index contributed by atoms with van der Waals surface area (Å²) in [6.45, 7) is 2.05. The number of nitrogens with one attached hydrogen (secondary N) is 1. The van der Waals surface area contributed by atoms with Gasteiger partial charge < -0.3 is 10.4 Å². The molecular formula is C16H16N2O. The van der Waals surface area contributed by atoms with E-state index in [1.807, 2.05) is 36.4 Å². The van der Waals surface area contributed by atoms with Gasteiger partial charge in [0.15, 0.2) is 0 Å². The molecule has 19 heavy (non-hydrogen) atoms. The summed E-state index contributed by atoms with van der Waals surface area (Å²) < 4.78 is 0. The van der Waals surface area contributed by atoms with Crippen LogP contribution < -0.4 is 5.32 Å². The molecule has 0 heterocycles. The maximum atomic E-state index is 9.90. The van der Waals surface area contributed by atoms with Crippen LogP contribution in [0.15, 0.2) is 48.5 Å². The lowest BCUT2D eigenvalue weighted by Gasteiger charge is -2.19. The zero-order valence-corrected chi connectivity index (χ0v) is 10.8. The lowest BCUT2D eigenvalue weighted by molar-refractivity contribution is 0.463. The third-order valence-corrected chi connectivity index (χ3v) is 3.05. The molecule has 96 valence electrons. The van der Waals surface area contributed by atoms with E-state index < -0.39 is 0 Å². The number of nitriles is 1. The Morgan fingerprint density at radius 1 is 1.21 bits per heavy atom. The number of phenols is 1. The van der Waals surface area contributed by atoms with Gasteiger partial charge in [-0.15, -0.1) is 0 Å². The van der Waals surface area contributed by atoms with Crippen LogP contribution in [-0.2, 0) is 0 Å². The van der Waals surface area contributed by atoms with E-state index in [9.17, 15) is 5.11 Å². The van der Waals surface area contributed by atoms with Gasteiger partial charge in [-0.25, -0.2) is 0 Å². The maximum absolute atomic E-state index is 9.90. The number of benzene rings is 2. The molecule has 0 spiro atoms. The quantitative estimate of drug-likeness (QED) is 0.869. The second-order valence-electron chi connectivity index (χ2n) is 4.36. The van der Waals surface area contributed by atoms with Crippen LogP contribution in [0.2, 0.25) is 0 Å². The minimum atomic E-state index is 0.0233. The summed E-state index contributed by atoms with van der Waals surface area (Å²) in [6.07, 6.45) is 0.842. The molecule has 3 nitrogen and oxygen atoms in total. The monoisotopic (exact) mass is 252 g/mol. The highest BCUT2D eigenvalue weighted by molar-refractivity contribution is 5.51. The number of hydrogen-bond acceptors (Lipinski definition) is 3. The van der Waals surface area contributed by atoms with Gasteiger partial charge in [-0.3, -0.25) is 0 Å². The standard InChI is InChI=1S/C16H16N2O/c1-2-15(14-8-3-4-9-16(14)19)18-13-7-5-6-12(10-13)11-17/h3-10,15,18-19H,2H2,1H3. The third-order valence-electron chi connectivity index (χ3n) is 3.05. The molecule has 2 N–H and O–H groups in total. The van der Waals surface area contributed by atoms with Gasteiger partial charge in [-0.05, 0) is 30.7 Å². The number of aromatic hydroxyl groups is 1. The molecule has 1 unspecified atom stereocenters. The second-order valence-corrected chi connectivity index (χ2v) is 4.36. The van der Waals surface area contributed by atoms with E-state index in [0.717, 1.165) is 17.7 Å². The van der Waals surface area contributed by atoms with Crippen LogP contribution in [0.3, 0.4) is 0 Å². The first-order valence-electron chi connectivity index (χ1n) is 6.29. The molecule has 0 aliphatic rings. The van der Waals surface area contributed by atoms with Crippen molar-refractivity contribution in [2.24, 2.45) is 0 Å². The molecular weight excluding hydrogens is 236 g/mol. The Kier molecular flexibility index (Phi) is 4.04. The van der Waals surface area contributed by atoms with E-state index in [1.54, 1.807) is 12.1 Å². The number of hydrogen-bond donors (Lipinski definition) is 2. The fourth-order valence-corrected chi connectivity index (χ4v) is 2.06. The van der Waals surface area contributed by atoms with E-state index in [1.165, 1.54) is 0 Å². The molecule has 0 saturated heterocycles. The van der Waals surface area contributed by atoms with Crippen molar-refractivity contribution >= 4 is 5.69 Å². The highest BCUT2D eigenvalue weighted by atomic mass is 16.3. The number of phenolic OH excluding ortho intramolecular Hbond substituents is 1. The molecule has 0 aliphatic carbocycles. The molecule has 0 amide bonds. The van der Waals surface area contributed by atoms with Gasteiger partial charge in [-0.1, -0.05) is 31.2 Å². The summed E-state index contributed by atoms with van der Waals surface area (Å²) in [5.74, 6) is 0.290. The molecule has 0 aliphatic heterocycles. The smallest absolute Gasteiger partial charge is 0.120 e. The summed E-state index contributed by atoms with van der Waals surface area (Å²) in [6, 6.07) is 16.8. The van der Waals surface area contributed by atoms with Gasteiger partial charge in [0.1, 0.15) is 5.75 Å². The highest BCUT2D eigenvalue weighted by Gasteiger charge is 2.12. The van der Waals surface area contributed by atoms with Crippen LogP contribution in [0, 0.1) is 11.3 Å². The first-order chi connectivity index (χ1) is 9.24. The van der Waals surface area contributed by atoms with Gasteiger partial charge in [0.2, 0.25) is 0 Å². The molecule has 0 fully saturated rings. The first kappa shape index (κ1) is 13.0. The summed E-state index contributed by atoms with van der Waals surface area (Å²) in [4.78, 5) is 0. The van der Waals surface area contributed by atoms with Gasteiger partial charge in [0.25, 0.3) is 0 Å². The van der Waals surface area contributed by atoms with Gasteiger partial charge in [0.05, 0.1) is 17.7 Å². The Labute approximate surface area is 113 Å². The van der Waals surface area contributed by atoms with Crippen LogP contribution in [0.1, 0.15) is 30.5 Å². The van der Waals surface area contributed by atoms with Crippen molar-refractivity contribution in [3.05, 3.63) is 59.7 Å². The fraction of sp³-hybridized carbons (Fsp3) is 0.188. The van der Waals surface area contributed by atoms with E-state index >= 15 is 0 Å². The maximum Gasteiger partial charge on any atom is 0.120 e. The van der Waals surface area contributed by atoms with E-state index in [-0.39, 0.29) is 6.04 Å². The van der Waals surface area contributed by atoms with Crippen molar-refractivity contribution < 1.29 is 5.11 Å². The average molecular weight is 252 g/mol. The largest absolute Gasteiger partial charge is 0.508 e. The summed E-state index contributed by atoms with van der Waals surface area (Å²) >= 11 is 0. The zero-order chi connectivity index (χ0) is 13.7. The zero-order valence-electron chi connectivity index (χ0n) is 10.8. The normalized spacial score (nSPS) is 11.6. The van der Waals surface area contributed by atoms with Crippen molar-refractivity contribution in [1.82, 2.24) is 0 Å². The third kappa shape index (κ3) is 3.05. The van der Waals surface area contributed by atoms with Crippen LogP contribution in [0.5, 0.6) is 5.75 Å². The van der Waals surface area contributed by atoms with Crippen molar-refractivity contribution in [1.29, 1.82) is 5.26 Å². The number of rotatable bonds is 4. The molecule has 0 radical (unpaired) electrons. The molecule has 3 heteroatoms. The van der Waals surface area contributed by atoms with E-state index in [2.05, 4.69) is 18.3 Å². The van der Waals surface area contributed by atoms with Crippen LogP contribution in [0.4, 0.5) is 5.69 Å². The second kappa shape index (κ2) is 5.92. The molecule has 2 aromatic carbocycles. The predicted molar refractivity (Wildman–Crippen MR) is 75.9 cm³/mol. The number of nitrogens with zero attached hydrogens (tertiary/aromatic N) is 1. The molecule has 0 bridgehead atoms. The lowest BCUT2D eigenvalue weighted by atomic mass is 10.0. The Balaban J connectivity index is 2.24. The number of anilines is 1. The van der Waals surface area contributed by atoms with Gasteiger partial charge in [0, 0.05) is 11.3 Å². The molecule has 2 rings (SSSR count). The average Bonchev–Trinajstić information content (AvgIpc) is 2.46. The van der Waals surface area contributed by atoms with Gasteiger partial charge >= 0.3 is 0 Å². The van der Waals surface area contributed by atoms with Crippen LogP contribution in [0.25, 0.3) is 0 Å². The Morgan fingerprint density at radius 2 is 2.00 bits per heavy atom. The summed E-state index contributed by atoms with van der Waals surface area (Å²) in [7, 11) is 0. The minimum Gasteiger partial charge on any atom is -0.508 e. The summed E-state index contributed by atoms with van der Waals surface area (Å²) in [5.41, 5.74) is 2.37. The Morgan fingerprint density at radius 3 is 2.68 bits per heavy atom. The highest BCUT2D eigenvalue weighted by Crippen LogP contribution is 2.29. The minimum absolute atomic E-state index is 0.0233. The first-order valence-corrected chi connectivity index (χ1v) is 6.29. The van der Waals surface area contributed by atoms with Crippen molar-refractivity contribution in [3.63, 3.8) is 0 Å². The van der Waals surface area contributed by atoms with E-state index in [0.29, 0.717) is 11.3 Å².